The minimum absolute atomic E-state index is 0.194. The highest BCUT2D eigenvalue weighted by molar-refractivity contribution is 7.09. The zero-order valence-corrected chi connectivity index (χ0v) is 10.3. The van der Waals surface area contributed by atoms with Crippen LogP contribution >= 0.6 is 11.3 Å². The molecule has 0 saturated carbocycles. The predicted octanol–water partition coefficient (Wildman–Crippen LogP) is 2.80. The molecule has 0 amide bonds. The number of hydrogen-bond acceptors (Lipinski definition) is 4. The maximum atomic E-state index is 13.4. The number of methoxy groups -OCH3 is 1. The largest absolute Gasteiger partial charge is 0.464 e. The zero-order valence-electron chi connectivity index (χ0n) is 9.44. The van der Waals surface area contributed by atoms with Crippen molar-refractivity contribution in [1.29, 1.82) is 0 Å². The highest BCUT2D eigenvalue weighted by Crippen LogP contribution is 2.18. The minimum atomic E-state index is -0.621. The molecule has 0 bridgehead atoms. The van der Waals surface area contributed by atoms with Crippen LogP contribution in [-0.4, -0.2) is 18.1 Å². The monoisotopic (exact) mass is 269 g/mol. The Balaban J connectivity index is 2.18. The Morgan fingerprint density at radius 3 is 2.89 bits per heavy atom. The minimum Gasteiger partial charge on any atom is -0.464 e. The summed E-state index contributed by atoms with van der Waals surface area (Å²) in [6, 6.07) is 3.38. The van der Waals surface area contributed by atoms with Crippen molar-refractivity contribution in [3.8, 4) is 0 Å². The van der Waals surface area contributed by atoms with Crippen LogP contribution in [0.25, 0.3) is 0 Å². The molecule has 3 nitrogen and oxygen atoms in total. The highest BCUT2D eigenvalue weighted by atomic mass is 32.1. The zero-order chi connectivity index (χ0) is 13.1. The van der Waals surface area contributed by atoms with Gasteiger partial charge in [-0.25, -0.2) is 18.6 Å². The van der Waals surface area contributed by atoms with Gasteiger partial charge in [0, 0.05) is 17.9 Å². The molecule has 0 aliphatic heterocycles. The number of ether oxygens (including phenoxy) is 1. The van der Waals surface area contributed by atoms with Gasteiger partial charge in [-0.1, -0.05) is 6.07 Å². The van der Waals surface area contributed by atoms with Crippen LogP contribution in [0, 0.1) is 11.6 Å². The van der Waals surface area contributed by atoms with Gasteiger partial charge in [0.1, 0.15) is 11.6 Å². The number of aromatic nitrogens is 1. The van der Waals surface area contributed by atoms with Gasteiger partial charge in [0.05, 0.1) is 12.1 Å². The first-order chi connectivity index (χ1) is 8.60. The normalized spacial score (nSPS) is 10.4. The van der Waals surface area contributed by atoms with Crippen LogP contribution in [0.3, 0.4) is 0 Å². The topological polar surface area (TPSA) is 39.2 Å². The Morgan fingerprint density at radius 2 is 2.22 bits per heavy atom. The molecule has 2 rings (SSSR count). The first-order valence-electron chi connectivity index (χ1n) is 5.07. The molecule has 18 heavy (non-hydrogen) atoms. The maximum absolute atomic E-state index is 13.4. The molecular formula is C12H9F2NO2S. The van der Waals surface area contributed by atoms with Crippen molar-refractivity contribution in [2.75, 3.05) is 7.11 Å². The van der Waals surface area contributed by atoms with E-state index in [9.17, 15) is 13.6 Å². The number of carbonyl (C=O) groups is 1. The molecule has 0 radical (unpaired) electrons. The SMILES string of the molecule is COC(=O)c1csc(Cc2ccc(F)cc2F)n1. The summed E-state index contributed by atoms with van der Waals surface area (Å²) in [5.74, 6) is -1.77. The van der Waals surface area contributed by atoms with Gasteiger partial charge in [0.15, 0.2) is 5.69 Å². The molecule has 6 heteroatoms. The fourth-order valence-electron chi connectivity index (χ4n) is 1.42. The summed E-state index contributed by atoms with van der Waals surface area (Å²) >= 11 is 1.23. The van der Waals surface area contributed by atoms with Gasteiger partial charge in [0.2, 0.25) is 0 Å². The third-order valence-electron chi connectivity index (χ3n) is 2.30. The van der Waals surface area contributed by atoms with E-state index in [1.54, 1.807) is 5.38 Å². The van der Waals surface area contributed by atoms with E-state index in [4.69, 9.17) is 0 Å². The van der Waals surface area contributed by atoms with Crippen LogP contribution in [0.2, 0.25) is 0 Å². The molecule has 94 valence electrons. The van der Waals surface area contributed by atoms with Crippen LogP contribution in [0.5, 0.6) is 0 Å². The average Bonchev–Trinajstić information content (AvgIpc) is 2.80. The summed E-state index contributed by atoms with van der Waals surface area (Å²) in [4.78, 5) is 15.2. The van der Waals surface area contributed by atoms with E-state index in [-0.39, 0.29) is 12.1 Å². The van der Waals surface area contributed by atoms with E-state index in [0.29, 0.717) is 10.6 Å². The Bertz CT molecular complexity index is 583. The lowest BCUT2D eigenvalue weighted by atomic mass is 10.1. The number of carbonyl (C=O) groups excluding carboxylic acids is 1. The standard InChI is InChI=1S/C12H9F2NO2S/c1-17-12(16)10-6-18-11(15-10)4-7-2-3-8(13)5-9(7)14/h2-3,5-6H,4H2,1H3. The Hall–Kier alpha value is -1.82. The molecule has 0 fully saturated rings. The highest BCUT2D eigenvalue weighted by Gasteiger charge is 2.12. The van der Waals surface area contributed by atoms with Gasteiger partial charge in [0.25, 0.3) is 0 Å². The quantitative estimate of drug-likeness (QED) is 0.804. The van der Waals surface area contributed by atoms with E-state index in [1.807, 2.05) is 0 Å². The molecule has 0 saturated heterocycles. The number of halogens is 2. The van der Waals surface area contributed by atoms with Gasteiger partial charge in [-0.2, -0.15) is 0 Å². The van der Waals surface area contributed by atoms with Crippen LogP contribution in [0.4, 0.5) is 8.78 Å². The van der Waals surface area contributed by atoms with Crippen molar-refractivity contribution >= 4 is 17.3 Å². The van der Waals surface area contributed by atoms with E-state index in [0.717, 1.165) is 6.07 Å². The summed E-state index contributed by atoms with van der Waals surface area (Å²) in [5.41, 5.74) is 0.530. The lowest BCUT2D eigenvalue weighted by Gasteiger charge is -2.00. The van der Waals surface area contributed by atoms with Gasteiger partial charge in [-0.15, -0.1) is 11.3 Å². The van der Waals surface area contributed by atoms with Crippen molar-refractivity contribution in [1.82, 2.24) is 4.98 Å². The second-order valence-electron chi connectivity index (χ2n) is 3.53. The Labute approximate surface area is 106 Å². The number of nitrogens with zero attached hydrogens (tertiary/aromatic N) is 1. The molecule has 0 unspecified atom stereocenters. The first kappa shape index (κ1) is 12.6. The molecule has 0 spiro atoms. The predicted molar refractivity (Wildman–Crippen MR) is 62.6 cm³/mol. The number of esters is 1. The summed E-state index contributed by atoms with van der Waals surface area (Å²) in [6.45, 7) is 0. The van der Waals surface area contributed by atoms with Gasteiger partial charge in [-0.3, -0.25) is 0 Å². The fraction of sp³-hybridized carbons (Fsp3) is 0.167. The number of thiazole rings is 1. The molecule has 2 aromatic rings. The van der Waals surface area contributed by atoms with E-state index in [2.05, 4.69) is 9.72 Å². The third kappa shape index (κ3) is 2.70. The molecule has 1 heterocycles. The Kier molecular flexibility index (Phi) is 3.66. The van der Waals surface area contributed by atoms with Crippen molar-refractivity contribution in [3.05, 3.63) is 51.5 Å². The summed E-state index contributed by atoms with van der Waals surface area (Å²) in [5, 5.41) is 2.11. The summed E-state index contributed by atoms with van der Waals surface area (Å²) in [7, 11) is 1.26. The molecule has 0 aliphatic carbocycles. The van der Waals surface area contributed by atoms with Crippen molar-refractivity contribution < 1.29 is 18.3 Å². The molecule has 0 aliphatic rings. The summed E-state index contributed by atoms with van der Waals surface area (Å²) in [6.07, 6.45) is 0.216. The molecule has 0 atom stereocenters. The lowest BCUT2D eigenvalue weighted by molar-refractivity contribution is 0.0594. The lowest BCUT2D eigenvalue weighted by Crippen LogP contribution is -2.02. The number of rotatable bonds is 3. The second kappa shape index (κ2) is 5.22. The fourth-order valence-corrected chi connectivity index (χ4v) is 2.20. The van der Waals surface area contributed by atoms with Crippen LogP contribution in [0.1, 0.15) is 21.1 Å². The number of benzene rings is 1. The van der Waals surface area contributed by atoms with E-state index in [1.165, 1.54) is 30.6 Å². The Morgan fingerprint density at radius 1 is 1.44 bits per heavy atom. The maximum Gasteiger partial charge on any atom is 0.357 e. The van der Waals surface area contributed by atoms with Crippen LogP contribution in [0.15, 0.2) is 23.6 Å². The van der Waals surface area contributed by atoms with Crippen LogP contribution in [-0.2, 0) is 11.2 Å². The van der Waals surface area contributed by atoms with E-state index < -0.39 is 17.6 Å². The smallest absolute Gasteiger partial charge is 0.357 e. The first-order valence-corrected chi connectivity index (χ1v) is 5.94. The van der Waals surface area contributed by atoms with Crippen LogP contribution < -0.4 is 0 Å². The van der Waals surface area contributed by atoms with Gasteiger partial charge < -0.3 is 4.74 Å². The second-order valence-corrected chi connectivity index (χ2v) is 4.47. The average molecular weight is 269 g/mol. The van der Waals surface area contributed by atoms with Gasteiger partial charge >= 0.3 is 5.97 Å². The molecule has 0 N–H and O–H groups in total. The third-order valence-corrected chi connectivity index (χ3v) is 3.15. The molecule has 1 aromatic heterocycles. The van der Waals surface area contributed by atoms with Crippen molar-refractivity contribution in [2.45, 2.75) is 6.42 Å². The molecular weight excluding hydrogens is 260 g/mol. The van der Waals surface area contributed by atoms with Crippen molar-refractivity contribution in [3.63, 3.8) is 0 Å². The van der Waals surface area contributed by atoms with Gasteiger partial charge in [-0.05, 0) is 11.6 Å². The molecule has 1 aromatic carbocycles. The van der Waals surface area contributed by atoms with Crippen molar-refractivity contribution in [2.24, 2.45) is 0 Å². The van der Waals surface area contributed by atoms with E-state index >= 15 is 0 Å². The summed E-state index contributed by atoms with van der Waals surface area (Å²) < 4.78 is 30.7. The number of hydrogen-bond donors (Lipinski definition) is 0.